The molecule has 0 aromatic heterocycles. The third-order valence-electron chi connectivity index (χ3n) is 9.20. The van der Waals surface area contributed by atoms with Crippen LogP contribution in [0.3, 0.4) is 0 Å². The topological polar surface area (TPSA) is 47.9 Å². The number of nitrogens with one attached hydrogen (secondary N) is 1. The third kappa shape index (κ3) is 5.55. The number of benzene rings is 4. The first-order valence-electron chi connectivity index (χ1n) is 15.8. The van der Waals surface area contributed by atoms with E-state index >= 15 is 0 Å². The number of carbonyl (C=O) groups excluding carboxylic acids is 1. The number of aliphatic imine (C=N–C) groups is 1. The summed E-state index contributed by atoms with van der Waals surface area (Å²) >= 11 is 1.42. The number of hydrogen-bond donors (Lipinski definition) is 1. The molecule has 0 spiro atoms. The van der Waals surface area contributed by atoms with E-state index in [4.69, 9.17) is 4.99 Å². The van der Waals surface area contributed by atoms with Gasteiger partial charge in [-0.1, -0.05) is 72.8 Å². The largest absolute Gasteiger partial charge is 0.372 e. The lowest BCUT2D eigenvalue weighted by Gasteiger charge is -2.43. The average molecular weight is 599 g/mol. The fourth-order valence-electron chi connectivity index (χ4n) is 7.02. The van der Waals surface area contributed by atoms with Gasteiger partial charge in [0.1, 0.15) is 0 Å². The zero-order valence-electron chi connectivity index (χ0n) is 25.4. The van der Waals surface area contributed by atoms with Crippen molar-refractivity contribution in [3.63, 3.8) is 0 Å². The Hall–Kier alpha value is -4.29. The van der Waals surface area contributed by atoms with Gasteiger partial charge in [0.05, 0.1) is 10.6 Å². The van der Waals surface area contributed by atoms with Crippen molar-refractivity contribution in [2.45, 2.75) is 38.5 Å². The van der Waals surface area contributed by atoms with Crippen molar-refractivity contribution >= 4 is 46.0 Å². The molecule has 5 nitrogen and oxygen atoms in total. The molecule has 3 aliphatic rings. The molecule has 0 saturated carbocycles. The van der Waals surface area contributed by atoms with E-state index in [1.165, 1.54) is 45.4 Å². The van der Waals surface area contributed by atoms with Crippen LogP contribution in [0.1, 0.15) is 66.3 Å². The van der Waals surface area contributed by atoms with Crippen LogP contribution in [0.2, 0.25) is 0 Å². The van der Waals surface area contributed by atoms with Crippen molar-refractivity contribution < 1.29 is 4.79 Å². The molecule has 1 amide bonds. The number of hydrogen-bond acceptors (Lipinski definition) is 5. The Balaban J connectivity index is 1.25. The van der Waals surface area contributed by atoms with E-state index in [1.54, 1.807) is 0 Å². The van der Waals surface area contributed by atoms with E-state index in [1.807, 2.05) is 6.08 Å². The Morgan fingerprint density at radius 2 is 1.41 bits per heavy atom. The summed E-state index contributed by atoms with van der Waals surface area (Å²) in [6, 6.07) is 34.7. The lowest BCUT2D eigenvalue weighted by Crippen LogP contribution is -2.37. The molecule has 44 heavy (non-hydrogen) atoms. The van der Waals surface area contributed by atoms with Gasteiger partial charge in [-0.2, -0.15) is 0 Å². The van der Waals surface area contributed by atoms with E-state index in [2.05, 4.69) is 126 Å². The van der Waals surface area contributed by atoms with Gasteiger partial charge in [0.2, 0.25) is 0 Å². The monoisotopic (exact) mass is 598 g/mol. The SMILES string of the molecule is CCN(CC)c1ccc(/C=C2\SC(=Nc3cc4c5c(c3)[C@H](c3ccccc3)CCN5CC[C@@H]4c3ccccc3)NC2=O)cc1. The molecule has 2 atom stereocenters. The highest BCUT2D eigenvalue weighted by Crippen LogP contribution is 2.50. The minimum absolute atomic E-state index is 0.101. The maximum absolute atomic E-state index is 13.0. The fourth-order valence-corrected chi connectivity index (χ4v) is 7.87. The molecule has 4 aromatic carbocycles. The van der Waals surface area contributed by atoms with Crippen molar-refractivity contribution in [1.29, 1.82) is 0 Å². The first-order valence-corrected chi connectivity index (χ1v) is 16.6. The molecule has 0 unspecified atom stereocenters. The summed E-state index contributed by atoms with van der Waals surface area (Å²) in [4.78, 5) is 23.7. The first kappa shape index (κ1) is 28.5. The molecule has 1 saturated heterocycles. The van der Waals surface area contributed by atoms with E-state index < -0.39 is 0 Å². The normalized spacial score (nSPS) is 21.0. The van der Waals surface area contributed by atoms with Crippen LogP contribution in [0, 0.1) is 0 Å². The zero-order chi connectivity index (χ0) is 30.0. The summed E-state index contributed by atoms with van der Waals surface area (Å²) in [5.41, 5.74) is 9.87. The van der Waals surface area contributed by atoms with Gasteiger partial charge >= 0.3 is 0 Å². The molecular weight excluding hydrogens is 561 g/mol. The molecule has 3 heterocycles. The molecule has 0 radical (unpaired) electrons. The second-order valence-corrected chi connectivity index (χ2v) is 12.7. The second kappa shape index (κ2) is 12.4. The van der Waals surface area contributed by atoms with Crippen molar-refractivity contribution in [3.8, 4) is 0 Å². The van der Waals surface area contributed by atoms with Gasteiger partial charge in [-0.15, -0.1) is 0 Å². The lowest BCUT2D eigenvalue weighted by atomic mass is 9.76. The molecule has 6 heteroatoms. The smallest absolute Gasteiger partial charge is 0.264 e. The lowest BCUT2D eigenvalue weighted by molar-refractivity contribution is -0.115. The Bertz CT molecular complexity index is 1640. The van der Waals surface area contributed by atoms with E-state index in [0.717, 1.165) is 50.3 Å². The molecule has 7 rings (SSSR count). The number of thioether (sulfide) groups is 1. The number of amides is 1. The van der Waals surface area contributed by atoms with Crippen LogP contribution in [-0.4, -0.2) is 37.3 Å². The highest BCUT2D eigenvalue weighted by Gasteiger charge is 2.35. The Morgan fingerprint density at radius 1 is 0.841 bits per heavy atom. The van der Waals surface area contributed by atoms with Gasteiger partial charge in [-0.25, -0.2) is 4.99 Å². The minimum atomic E-state index is -0.101. The molecule has 0 bridgehead atoms. The van der Waals surface area contributed by atoms with Gasteiger partial charge < -0.3 is 15.1 Å². The minimum Gasteiger partial charge on any atom is -0.372 e. The number of carbonyl (C=O) groups is 1. The summed E-state index contributed by atoms with van der Waals surface area (Å²) in [5, 5.41) is 3.66. The van der Waals surface area contributed by atoms with Crippen LogP contribution in [0.5, 0.6) is 0 Å². The molecule has 1 N–H and O–H groups in total. The number of amidine groups is 1. The van der Waals surface area contributed by atoms with Crippen molar-refractivity contribution in [2.75, 3.05) is 36.0 Å². The van der Waals surface area contributed by atoms with Crippen LogP contribution < -0.4 is 15.1 Å². The Labute approximate surface area is 264 Å². The Morgan fingerprint density at radius 3 is 1.95 bits per heavy atom. The summed E-state index contributed by atoms with van der Waals surface area (Å²) < 4.78 is 0. The van der Waals surface area contributed by atoms with Crippen molar-refractivity contribution in [3.05, 3.63) is 130 Å². The number of anilines is 2. The van der Waals surface area contributed by atoms with Crippen molar-refractivity contribution in [2.24, 2.45) is 4.99 Å². The molecule has 4 aromatic rings. The van der Waals surface area contributed by atoms with E-state index in [9.17, 15) is 4.79 Å². The van der Waals surface area contributed by atoms with Crippen LogP contribution in [0.15, 0.2) is 107 Å². The molecule has 0 aliphatic carbocycles. The van der Waals surface area contributed by atoms with E-state index in [-0.39, 0.29) is 5.91 Å². The first-order chi connectivity index (χ1) is 21.6. The summed E-state index contributed by atoms with van der Waals surface area (Å²) in [6.07, 6.45) is 4.12. The molecule has 1 fully saturated rings. The quantitative estimate of drug-likeness (QED) is 0.218. The van der Waals surface area contributed by atoms with Crippen LogP contribution >= 0.6 is 11.8 Å². The predicted molar refractivity (Wildman–Crippen MR) is 185 cm³/mol. The summed E-state index contributed by atoms with van der Waals surface area (Å²) in [6.45, 7) is 8.38. The van der Waals surface area contributed by atoms with Gasteiger partial charge in [0.25, 0.3) is 5.91 Å². The standard InChI is InChI=1S/C38H38N4OS/c1-3-41(4-2)30-17-15-26(16-18-30)23-35-37(43)40-38(44-35)39-29-24-33-31(27-11-7-5-8-12-27)19-21-42-22-20-32(34(25-29)36(33)42)28-13-9-6-10-14-28/h5-18,23-25,31-32H,3-4,19-22H2,1-2H3,(H,39,40,43)/b35-23-/t31-,32+. The van der Waals surface area contributed by atoms with Gasteiger partial charge in [0, 0.05) is 49.4 Å². The van der Waals surface area contributed by atoms with E-state index in [0.29, 0.717) is 21.9 Å². The van der Waals surface area contributed by atoms with Gasteiger partial charge in [-0.3, -0.25) is 4.79 Å². The number of rotatable bonds is 7. The molecule has 222 valence electrons. The zero-order valence-corrected chi connectivity index (χ0v) is 26.2. The summed E-state index contributed by atoms with van der Waals surface area (Å²) in [5.74, 6) is 0.532. The second-order valence-electron chi connectivity index (χ2n) is 11.7. The molecule has 3 aliphatic heterocycles. The van der Waals surface area contributed by atoms with Crippen LogP contribution in [0.25, 0.3) is 6.08 Å². The average Bonchev–Trinajstić information content (AvgIpc) is 3.41. The number of nitrogens with zero attached hydrogens (tertiary/aromatic N) is 3. The maximum atomic E-state index is 13.0. The third-order valence-corrected chi connectivity index (χ3v) is 10.1. The Kier molecular flexibility index (Phi) is 8.01. The van der Waals surface area contributed by atoms with Gasteiger partial charge in [-0.05, 0) is 96.6 Å². The maximum Gasteiger partial charge on any atom is 0.264 e. The van der Waals surface area contributed by atoms with Crippen LogP contribution in [0.4, 0.5) is 17.1 Å². The highest BCUT2D eigenvalue weighted by atomic mass is 32.2. The van der Waals surface area contributed by atoms with Crippen molar-refractivity contribution in [1.82, 2.24) is 5.32 Å². The highest BCUT2D eigenvalue weighted by molar-refractivity contribution is 8.18. The fraction of sp³-hybridized carbons (Fsp3) is 0.263. The van der Waals surface area contributed by atoms with Crippen LogP contribution in [-0.2, 0) is 4.79 Å². The predicted octanol–water partition coefficient (Wildman–Crippen LogP) is 8.30. The van der Waals surface area contributed by atoms with Gasteiger partial charge in [0.15, 0.2) is 5.17 Å². The molecular formula is C38H38N4OS. The summed E-state index contributed by atoms with van der Waals surface area (Å²) in [7, 11) is 0.